The smallest absolute Gasteiger partial charge is 0.317 e. The largest absolute Gasteiger partial charge is 0.447 e. The highest BCUT2D eigenvalue weighted by Crippen LogP contribution is 2.27. The molecule has 0 aliphatic carbocycles. The highest BCUT2D eigenvalue weighted by molar-refractivity contribution is 7.99. The van der Waals surface area contributed by atoms with Crippen molar-refractivity contribution < 1.29 is 9.53 Å². The number of hydrogen-bond donors (Lipinski definition) is 0. The Morgan fingerprint density at radius 3 is 2.85 bits per heavy atom. The molecule has 3 rings (SSSR count). The van der Waals surface area contributed by atoms with Gasteiger partial charge in [-0.05, 0) is 30.7 Å². The Labute approximate surface area is 160 Å². The van der Waals surface area contributed by atoms with E-state index in [1.165, 1.54) is 18.7 Å². The van der Waals surface area contributed by atoms with Crippen molar-refractivity contribution in [3.05, 3.63) is 59.1 Å². The number of benzene rings is 2. The molecular weight excluding hydrogens is 370 g/mol. The number of hydrogen-bond acceptors (Lipinski definition) is 5. The van der Waals surface area contributed by atoms with Crippen molar-refractivity contribution in [2.24, 2.45) is 0 Å². The summed E-state index contributed by atoms with van der Waals surface area (Å²) in [6.45, 7) is 2.17. The molecule has 1 atom stereocenters. The normalized spacial score (nSPS) is 11.9. The third-order valence-corrected chi connectivity index (χ3v) is 4.85. The van der Waals surface area contributed by atoms with Gasteiger partial charge >= 0.3 is 5.97 Å². The van der Waals surface area contributed by atoms with Crippen molar-refractivity contribution in [1.82, 2.24) is 9.55 Å². The van der Waals surface area contributed by atoms with Crippen LogP contribution in [0.25, 0.3) is 11.0 Å². The van der Waals surface area contributed by atoms with Gasteiger partial charge in [-0.15, -0.1) is 0 Å². The van der Waals surface area contributed by atoms with Gasteiger partial charge in [0.15, 0.2) is 11.3 Å². The topological polar surface area (TPSA) is 67.9 Å². The molecule has 2 aromatic carbocycles. The van der Waals surface area contributed by atoms with E-state index in [9.17, 15) is 4.79 Å². The molecule has 5 nitrogen and oxygen atoms in total. The van der Waals surface area contributed by atoms with E-state index >= 15 is 0 Å². The fraction of sp³-hybridized carbons (Fsp3) is 0.211. The summed E-state index contributed by atoms with van der Waals surface area (Å²) in [6, 6.07) is 17.5. The number of nitrogens with zero attached hydrogens (tertiary/aromatic N) is 3. The molecule has 0 amide bonds. The van der Waals surface area contributed by atoms with E-state index in [0.29, 0.717) is 16.7 Å². The number of carbonyl (C=O) groups excluding carboxylic acids is 1. The fourth-order valence-corrected chi connectivity index (χ4v) is 3.45. The van der Waals surface area contributed by atoms with Gasteiger partial charge in [-0.25, -0.2) is 4.98 Å². The van der Waals surface area contributed by atoms with Crippen molar-refractivity contribution in [2.45, 2.75) is 24.7 Å². The molecule has 0 N–H and O–H groups in total. The van der Waals surface area contributed by atoms with Crippen LogP contribution >= 0.6 is 23.4 Å². The van der Waals surface area contributed by atoms with Crippen molar-refractivity contribution in [2.75, 3.05) is 5.75 Å². The first-order valence-electron chi connectivity index (χ1n) is 7.98. The molecule has 0 unspecified atom stereocenters. The van der Waals surface area contributed by atoms with Gasteiger partial charge in [0, 0.05) is 5.02 Å². The molecule has 132 valence electrons. The zero-order valence-corrected chi connectivity index (χ0v) is 15.6. The molecule has 0 saturated heterocycles. The molecular formula is C19H16ClN3O2S. The number of aromatic nitrogens is 2. The van der Waals surface area contributed by atoms with Crippen LogP contribution in [-0.4, -0.2) is 27.4 Å². The Hall–Kier alpha value is -2.49. The van der Waals surface area contributed by atoms with Gasteiger partial charge in [0.2, 0.25) is 0 Å². The van der Waals surface area contributed by atoms with E-state index in [4.69, 9.17) is 21.6 Å². The lowest BCUT2D eigenvalue weighted by molar-refractivity contribution is -0.142. The first-order valence-corrected chi connectivity index (χ1v) is 9.35. The van der Waals surface area contributed by atoms with Crippen LogP contribution in [0.3, 0.4) is 0 Å². The van der Waals surface area contributed by atoms with Crippen molar-refractivity contribution in [3.63, 3.8) is 0 Å². The average Bonchev–Trinajstić information content (AvgIpc) is 2.97. The lowest BCUT2D eigenvalue weighted by atomic mass is 10.2. The number of carbonyl (C=O) groups is 1. The van der Waals surface area contributed by atoms with E-state index in [-0.39, 0.29) is 5.75 Å². The third-order valence-electron chi connectivity index (χ3n) is 3.67. The number of ether oxygens (including phenoxy) is 1. The lowest BCUT2D eigenvalue weighted by Gasteiger charge is -2.09. The quantitative estimate of drug-likeness (QED) is 0.467. The minimum absolute atomic E-state index is 0.0812. The monoisotopic (exact) mass is 385 g/mol. The van der Waals surface area contributed by atoms with Crippen LogP contribution in [0.4, 0.5) is 0 Å². The van der Waals surface area contributed by atoms with Gasteiger partial charge in [-0.2, -0.15) is 5.26 Å². The summed E-state index contributed by atoms with van der Waals surface area (Å²) in [5.41, 5.74) is 2.85. The van der Waals surface area contributed by atoms with Crippen LogP contribution in [0.1, 0.15) is 12.5 Å². The van der Waals surface area contributed by atoms with Gasteiger partial charge in [0.25, 0.3) is 0 Å². The Kier molecular flexibility index (Phi) is 5.82. The van der Waals surface area contributed by atoms with Crippen molar-refractivity contribution in [3.8, 4) is 6.07 Å². The minimum atomic E-state index is -0.759. The predicted octanol–water partition coefficient (Wildman–Crippen LogP) is 4.29. The zero-order valence-electron chi connectivity index (χ0n) is 14.1. The zero-order chi connectivity index (χ0) is 18.5. The maximum atomic E-state index is 11.9. The SMILES string of the molecule is C[C@H](C#N)OC(=O)CSc1nc2cc(Cl)ccc2n1Cc1ccccc1. The van der Waals surface area contributed by atoms with Crippen LogP contribution in [0.15, 0.2) is 53.7 Å². The number of rotatable bonds is 6. The Morgan fingerprint density at radius 1 is 1.35 bits per heavy atom. The molecule has 1 heterocycles. The van der Waals surface area contributed by atoms with E-state index in [1.807, 2.05) is 53.1 Å². The number of esters is 1. The maximum Gasteiger partial charge on any atom is 0.317 e. The molecule has 7 heteroatoms. The van der Waals surface area contributed by atoms with Gasteiger partial charge in [0.05, 0.1) is 23.3 Å². The second kappa shape index (κ2) is 8.26. The van der Waals surface area contributed by atoms with Gasteiger partial charge in [-0.1, -0.05) is 53.7 Å². The molecule has 0 radical (unpaired) electrons. The van der Waals surface area contributed by atoms with Crippen LogP contribution in [-0.2, 0) is 16.1 Å². The summed E-state index contributed by atoms with van der Waals surface area (Å²) < 4.78 is 7.04. The van der Waals surface area contributed by atoms with Crippen molar-refractivity contribution in [1.29, 1.82) is 5.26 Å². The molecule has 0 saturated carbocycles. The Bertz CT molecular complexity index is 966. The molecule has 0 aliphatic rings. The predicted molar refractivity (Wildman–Crippen MR) is 102 cm³/mol. The molecule has 0 bridgehead atoms. The number of thioether (sulfide) groups is 1. The summed E-state index contributed by atoms with van der Waals surface area (Å²) in [5, 5.41) is 10.0. The summed E-state index contributed by atoms with van der Waals surface area (Å²) in [6.07, 6.45) is -0.759. The summed E-state index contributed by atoms with van der Waals surface area (Å²) in [7, 11) is 0. The first-order chi connectivity index (χ1) is 12.6. The third kappa shape index (κ3) is 4.37. The van der Waals surface area contributed by atoms with Crippen molar-refractivity contribution >= 4 is 40.4 Å². The number of nitriles is 1. The maximum absolute atomic E-state index is 11.9. The van der Waals surface area contributed by atoms with Crippen LogP contribution in [0, 0.1) is 11.3 Å². The lowest BCUT2D eigenvalue weighted by Crippen LogP contribution is -2.15. The van der Waals surface area contributed by atoms with E-state index in [0.717, 1.165) is 16.6 Å². The molecule has 1 aromatic heterocycles. The van der Waals surface area contributed by atoms with Gasteiger partial charge < -0.3 is 9.30 Å². The number of halogens is 1. The fourth-order valence-electron chi connectivity index (χ4n) is 2.49. The minimum Gasteiger partial charge on any atom is -0.447 e. The molecule has 0 fully saturated rings. The van der Waals surface area contributed by atoms with E-state index < -0.39 is 12.1 Å². The van der Waals surface area contributed by atoms with Gasteiger partial charge in [-0.3, -0.25) is 4.79 Å². The second-order valence-corrected chi connectivity index (χ2v) is 7.03. The summed E-state index contributed by atoms with van der Waals surface area (Å²) >= 11 is 7.36. The Balaban J connectivity index is 1.87. The number of fused-ring (bicyclic) bond motifs is 1. The highest BCUT2D eigenvalue weighted by Gasteiger charge is 2.15. The summed E-state index contributed by atoms with van der Waals surface area (Å²) in [5.74, 6) is -0.363. The molecule has 3 aromatic rings. The highest BCUT2D eigenvalue weighted by atomic mass is 35.5. The number of imidazole rings is 1. The summed E-state index contributed by atoms with van der Waals surface area (Å²) in [4.78, 5) is 16.5. The standard InChI is InChI=1S/C19H16ClN3O2S/c1-13(10-21)25-18(24)12-26-19-22-16-9-15(20)7-8-17(16)23(19)11-14-5-3-2-4-6-14/h2-9,13H,11-12H2,1H3/t13-/m1/s1. The van der Waals surface area contributed by atoms with Gasteiger partial charge in [0.1, 0.15) is 6.07 Å². The molecule has 26 heavy (non-hydrogen) atoms. The average molecular weight is 386 g/mol. The Morgan fingerprint density at radius 2 is 2.12 bits per heavy atom. The molecule has 0 aliphatic heterocycles. The second-order valence-electron chi connectivity index (χ2n) is 5.65. The van der Waals surface area contributed by atoms with Crippen LogP contribution in [0.2, 0.25) is 5.02 Å². The van der Waals surface area contributed by atoms with E-state index in [1.54, 1.807) is 6.07 Å². The van der Waals surface area contributed by atoms with Crippen LogP contribution < -0.4 is 0 Å². The van der Waals surface area contributed by atoms with Crippen LogP contribution in [0.5, 0.6) is 0 Å². The molecule has 0 spiro atoms. The first kappa shape index (κ1) is 18.3. The van der Waals surface area contributed by atoms with E-state index in [2.05, 4.69) is 4.98 Å².